The van der Waals surface area contributed by atoms with Crippen molar-refractivity contribution < 1.29 is 0 Å². The molecule has 0 bridgehead atoms. The highest BCUT2D eigenvalue weighted by Gasteiger charge is 1.90. The summed E-state index contributed by atoms with van der Waals surface area (Å²) in [7, 11) is 4.23. The van der Waals surface area contributed by atoms with Crippen molar-refractivity contribution in [1.82, 2.24) is 10.2 Å². The van der Waals surface area contributed by atoms with Crippen LogP contribution in [0.2, 0.25) is 0 Å². The van der Waals surface area contributed by atoms with E-state index in [2.05, 4.69) is 36.2 Å². The molecule has 76 valence electrons. The molecule has 0 aromatic carbocycles. The molecule has 0 spiro atoms. The Hall–Kier alpha value is -0.520. The monoisotopic (exact) mass is 182 g/mol. The minimum Gasteiger partial charge on any atom is -0.316 e. The lowest BCUT2D eigenvalue weighted by Gasteiger charge is -2.08. The quantitative estimate of drug-likeness (QED) is 0.472. The van der Waals surface area contributed by atoms with Crippen LogP contribution in [0.4, 0.5) is 0 Å². The first-order chi connectivity index (χ1) is 6.27. The van der Waals surface area contributed by atoms with Crippen LogP contribution in [-0.4, -0.2) is 38.6 Å². The van der Waals surface area contributed by atoms with E-state index in [4.69, 9.17) is 0 Å². The molecule has 0 aliphatic heterocycles. The molecular formula is C11H22N2. The first kappa shape index (κ1) is 12.5. The van der Waals surface area contributed by atoms with Gasteiger partial charge in [-0.1, -0.05) is 0 Å². The number of unbranched alkanes of at least 4 members (excludes halogenated alkanes) is 1. The van der Waals surface area contributed by atoms with E-state index in [-0.39, 0.29) is 0 Å². The topological polar surface area (TPSA) is 15.3 Å². The molecule has 0 unspecified atom stereocenters. The minimum atomic E-state index is 0.976. The van der Waals surface area contributed by atoms with Gasteiger partial charge in [0.25, 0.3) is 0 Å². The molecule has 0 rings (SSSR count). The third-order valence-corrected chi connectivity index (χ3v) is 1.81. The Kier molecular flexibility index (Phi) is 9.18. The molecule has 2 heteroatoms. The van der Waals surface area contributed by atoms with E-state index in [0.29, 0.717) is 0 Å². The van der Waals surface area contributed by atoms with Gasteiger partial charge in [-0.3, -0.25) is 0 Å². The van der Waals surface area contributed by atoms with Crippen molar-refractivity contribution in [1.29, 1.82) is 0 Å². The molecule has 0 amide bonds. The average Bonchev–Trinajstić information content (AvgIpc) is 2.09. The number of hydrogen-bond donors (Lipinski definition) is 1. The summed E-state index contributed by atoms with van der Waals surface area (Å²) in [5.74, 6) is 5.92. The number of hydrogen-bond acceptors (Lipinski definition) is 2. The molecule has 0 aliphatic rings. The van der Waals surface area contributed by atoms with E-state index in [1.54, 1.807) is 0 Å². The van der Waals surface area contributed by atoms with Gasteiger partial charge >= 0.3 is 0 Å². The molecule has 0 aliphatic carbocycles. The second-order valence-electron chi connectivity index (χ2n) is 3.44. The van der Waals surface area contributed by atoms with Crippen molar-refractivity contribution in [3.05, 3.63) is 0 Å². The second-order valence-corrected chi connectivity index (χ2v) is 3.44. The van der Waals surface area contributed by atoms with Crippen LogP contribution in [0.15, 0.2) is 0 Å². The van der Waals surface area contributed by atoms with E-state index in [1.165, 1.54) is 19.4 Å². The third kappa shape index (κ3) is 11.5. The van der Waals surface area contributed by atoms with Crippen LogP contribution in [0.3, 0.4) is 0 Å². The van der Waals surface area contributed by atoms with Crippen LogP contribution in [0, 0.1) is 11.8 Å². The molecule has 0 saturated carbocycles. The zero-order chi connectivity index (χ0) is 9.94. The van der Waals surface area contributed by atoms with Gasteiger partial charge in [-0.2, -0.15) is 0 Å². The Labute approximate surface area is 82.7 Å². The van der Waals surface area contributed by atoms with Gasteiger partial charge in [0.15, 0.2) is 0 Å². The van der Waals surface area contributed by atoms with Crippen molar-refractivity contribution >= 4 is 0 Å². The van der Waals surface area contributed by atoms with Crippen molar-refractivity contribution in [2.24, 2.45) is 0 Å². The van der Waals surface area contributed by atoms with Gasteiger partial charge in [0.1, 0.15) is 0 Å². The van der Waals surface area contributed by atoms with Gasteiger partial charge in [0.2, 0.25) is 0 Å². The average molecular weight is 182 g/mol. The summed E-state index contributed by atoms with van der Waals surface area (Å²) >= 11 is 0. The number of nitrogens with one attached hydrogen (secondary N) is 1. The fraction of sp³-hybridized carbons (Fsp3) is 0.818. The smallest absolute Gasteiger partial charge is 0.0214 e. The summed E-state index contributed by atoms with van der Waals surface area (Å²) in [6.07, 6.45) is 3.52. The summed E-state index contributed by atoms with van der Waals surface area (Å²) in [6.45, 7) is 5.23. The highest BCUT2D eigenvalue weighted by molar-refractivity contribution is 4.94. The first-order valence-electron chi connectivity index (χ1n) is 5.02. The van der Waals surface area contributed by atoms with Crippen LogP contribution in [0.5, 0.6) is 0 Å². The maximum atomic E-state index is 3.37. The standard InChI is InChI=1S/C11H22N2/c1-4-5-6-9-12-10-7-8-11-13(2)3/h12H,6-11H2,1-3H3. The first-order valence-corrected chi connectivity index (χ1v) is 5.02. The lowest BCUT2D eigenvalue weighted by molar-refractivity contribution is 0.392. The van der Waals surface area contributed by atoms with Crippen LogP contribution in [0.25, 0.3) is 0 Å². The van der Waals surface area contributed by atoms with E-state index in [0.717, 1.165) is 19.5 Å². The maximum Gasteiger partial charge on any atom is 0.0214 e. The summed E-state index contributed by atoms with van der Waals surface area (Å²) in [5.41, 5.74) is 0. The molecule has 0 radical (unpaired) electrons. The Morgan fingerprint density at radius 3 is 2.54 bits per heavy atom. The molecule has 0 aromatic rings. The molecule has 0 heterocycles. The fourth-order valence-corrected chi connectivity index (χ4v) is 1.08. The lowest BCUT2D eigenvalue weighted by Crippen LogP contribution is -2.19. The van der Waals surface area contributed by atoms with Crippen molar-refractivity contribution in [3.63, 3.8) is 0 Å². The van der Waals surface area contributed by atoms with Crippen molar-refractivity contribution in [2.45, 2.75) is 26.2 Å². The van der Waals surface area contributed by atoms with Crippen LogP contribution < -0.4 is 5.32 Å². The van der Waals surface area contributed by atoms with Crippen LogP contribution in [-0.2, 0) is 0 Å². The van der Waals surface area contributed by atoms with Crippen molar-refractivity contribution in [3.8, 4) is 11.8 Å². The Balaban J connectivity index is 2.94. The van der Waals surface area contributed by atoms with E-state index >= 15 is 0 Å². The van der Waals surface area contributed by atoms with Gasteiger partial charge in [0, 0.05) is 13.0 Å². The highest BCUT2D eigenvalue weighted by Crippen LogP contribution is 1.88. The minimum absolute atomic E-state index is 0.976. The predicted octanol–water partition coefficient (Wildman–Crippen LogP) is 1.33. The number of rotatable bonds is 7. The molecule has 0 saturated heterocycles. The predicted molar refractivity (Wildman–Crippen MR) is 58.7 cm³/mol. The van der Waals surface area contributed by atoms with Gasteiger partial charge < -0.3 is 10.2 Å². The summed E-state index contributed by atoms with van der Waals surface area (Å²) in [6, 6.07) is 0. The molecule has 1 N–H and O–H groups in total. The maximum absolute atomic E-state index is 3.37. The molecule has 0 aromatic heterocycles. The third-order valence-electron chi connectivity index (χ3n) is 1.81. The van der Waals surface area contributed by atoms with Gasteiger partial charge in [-0.25, -0.2) is 0 Å². The molecule has 0 atom stereocenters. The van der Waals surface area contributed by atoms with E-state index in [9.17, 15) is 0 Å². The van der Waals surface area contributed by atoms with Gasteiger partial charge in [-0.05, 0) is 47.0 Å². The fourth-order valence-electron chi connectivity index (χ4n) is 1.08. The molecule has 0 fully saturated rings. The summed E-state index contributed by atoms with van der Waals surface area (Å²) < 4.78 is 0. The largest absolute Gasteiger partial charge is 0.316 e. The Bertz CT molecular complexity index is 153. The van der Waals surface area contributed by atoms with E-state index < -0.39 is 0 Å². The van der Waals surface area contributed by atoms with Gasteiger partial charge in [-0.15, -0.1) is 11.8 Å². The van der Waals surface area contributed by atoms with Gasteiger partial charge in [0.05, 0.1) is 0 Å². The van der Waals surface area contributed by atoms with Crippen LogP contribution in [0.1, 0.15) is 26.2 Å². The molecule has 13 heavy (non-hydrogen) atoms. The molecule has 2 nitrogen and oxygen atoms in total. The lowest BCUT2D eigenvalue weighted by atomic mass is 10.3. The van der Waals surface area contributed by atoms with E-state index in [1.807, 2.05) is 6.92 Å². The summed E-state index contributed by atoms with van der Waals surface area (Å²) in [5, 5.41) is 3.37. The Morgan fingerprint density at radius 1 is 1.15 bits per heavy atom. The zero-order valence-electron chi connectivity index (χ0n) is 9.19. The Morgan fingerprint density at radius 2 is 1.92 bits per heavy atom. The highest BCUT2D eigenvalue weighted by atomic mass is 15.0. The second kappa shape index (κ2) is 9.57. The van der Waals surface area contributed by atoms with Crippen LogP contribution >= 0.6 is 0 Å². The zero-order valence-corrected chi connectivity index (χ0v) is 9.19. The summed E-state index contributed by atoms with van der Waals surface area (Å²) in [4.78, 5) is 2.22. The van der Waals surface area contributed by atoms with Crippen molar-refractivity contribution in [2.75, 3.05) is 33.7 Å². The molecular weight excluding hydrogens is 160 g/mol. The SMILES string of the molecule is CC#CCCNCCCCN(C)C. The normalized spacial score (nSPS) is 9.85. The number of nitrogens with zero attached hydrogens (tertiary/aromatic N) is 1.